The number of rotatable bonds is 6. The van der Waals surface area contributed by atoms with Gasteiger partial charge in [0.1, 0.15) is 11.6 Å². The predicted octanol–water partition coefficient (Wildman–Crippen LogP) is 4.83. The van der Waals surface area contributed by atoms with Gasteiger partial charge in [-0.1, -0.05) is 36.4 Å². The summed E-state index contributed by atoms with van der Waals surface area (Å²) in [5.74, 6) is -0.550. The summed E-state index contributed by atoms with van der Waals surface area (Å²) in [4.78, 5) is 23.2. The van der Waals surface area contributed by atoms with Crippen LogP contribution < -0.4 is 0 Å². The number of fused-ring (bicyclic) bond motifs is 1. The quantitative estimate of drug-likeness (QED) is 0.155. The average molecular weight is 371 g/mol. The summed E-state index contributed by atoms with van der Waals surface area (Å²) in [6.07, 6.45) is 3.34. The van der Waals surface area contributed by atoms with Crippen LogP contribution in [0.15, 0.2) is 66.8 Å². The maximum Gasteiger partial charge on any atom is 0.270 e. The maximum absolute atomic E-state index is 12.8. The molecule has 0 unspecified atom stereocenters. The van der Waals surface area contributed by atoms with Crippen LogP contribution in [0.3, 0.4) is 0 Å². The van der Waals surface area contributed by atoms with E-state index >= 15 is 0 Å². The number of carbonyl (C=O) groups excluding carboxylic acids is 1. The summed E-state index contributed by atoms with van der Waals surface area (Å²) in [5, 5.41) is 21.5. The van der Waals surface area contributed by atoms with Crippen LogP contribution in [-0.4, -0.2) is 15.3 Å². The Morgan fingerprint density at radius 2 is 2.04 bits per heavy atom. The van der Waals surface area contributed by atoms with Crippen LogP contribution in [0.1, 0.15) is 21.6 Å². The SMILES string of the molecule is C=CCn1c(C)c(/C=C(\C#N)C(=O)c2cccc([N+](=O)[O-])c2)c2ccccc21. The molecule has 0 saturated heterocycles. The van der Waals surface area contributed by atoms with Crippen LogP contribution in [0.4, 0.5) is 5.69 Å². The molecular weight excluding hydrogens is 354 g/mol. The number of benzene rings is 2. The second-order valence-electron chi connectivity index (χ2n) is 6.22. The molecule has 0 aliphatic carbocycles. The van der Waals surface area contributed by atoms with E-state index in [1.807, 2.05) is 37.3 Å². The van der Waals surface area contributed by atoms with Gasteiger partial charge in [-0.25, -0.2) is 0 Å². The van der Waals surface area contributed by atoms with Crippen molar-refractivity contribution in [2.45, 2.75) is 13.5 Å². The number of para-hydroxylation sites is 1. The standard InChI is InChI=1S/C22H17N3O3/c1-3-11-24-15(2)20(19-9-4-5-10-21(19)24)13-17(14-23)22(26)16-7-6-8-18(12-16)25(27)28/h3-10,12-13H,1,11H2,2H3/b17-13+. The van der Waals surface area contributed by atoms with Gasteiger partial charge in [-0.05, 0) is 19.1 Å². The number of nitro benzene ring substituents is 1. The monoisotopic (exact) mass is 371 g/mol. The van der Waals surface area contributed by atoms with Gasteiger partial charge in [-0.3, -0.25) is 14.9 Å². The molecular formula is C22H17N3O3. The zero-order chi connectivity index (χ0) is 20.3. The van der Waals surface area contributed by atoms with E-state index in [1.165, 1.54) is 24.3 Å². The molecule has 28 heavy (non-hydrogen) atoms. The van der Waals surface area contributed by atoms with E-state index in [4.69, 9.17) is 0 Å². The molecule has 0 aliphatic rings. The predicted molar refractivity (Wildman–Crippen MR) is 108 cm³/mol. The lowest BCUT2D eigenvalue weighted by Gasteiger charge is -2.04. The first-order valence-corrected chi connectivity index (χ1v) is 8.57. The fourth-order valence-corrected chi connectivity index (χ4v) is 3.21. The van der Waals surface area contributed by atoms with E-state index in [0.29, 0.717) is 6.54 Å². The minimum Gasteiger partial charge on any atom is -0.340 e. The number of allylic oxidation sites excluding steroid dienone is 2. The van der Waals surface area contributed by atoms with Crippen LogP contribution in [0.25, 0.3) is 17.0 Å². The van der Waals surface area contributed by atoms with Crippen molar-refractivity contribution in [1.82, 2.24) is 4.57 Å². The summed E-state index contributed by atoms with van der Waals surface area (Å²) in [5.41, 5.74) is 2.49. The number of nitro groups is 1. The average Bonchev–Trinajstić information content (AvgIpc) is 2.97. The summed E-state index contributed by atoms with van der Waals surface area (Å²) >= 11 is 0. The molecule has 0 saturated carbocycles. The molecule has 1 heterocycles. The Balaban J connectivity index is 2.14. The molecule has 3 rings (SSSR count). The summed E-state index contributed by atoms with van der Waals surface area (Å²) in [6, 6.07) is 15.0. The lowest BCUT2D eigenvalue weighted by atomic mass is 10.0. The number of hydrogen-bond donors (Lipinski definition) is 0. The molecule has 0 atom stereocenters. The largest absolute Gasteiger partial charge is 0.340 e. The number of hydrogen-bond acceptors (Lipinski definition) is 4. The molecule has 138 valence electrons. The van der Waals surface area contributed by atoms with Crippen molar-refractivity contribution in [2.24, 2.45) is 0 Å². The van der Waals surface area contributed by atoms with Gasteiger partial charge >= 0.3 is 0 Å². The summed E-state index contributed by atoms with van der Waals surface area (Å²) in [6.45, 7) is 6.30. The number of non-ortho nitro benzene ring substituents is 1. The molecule has 0 N–H and O–H groups in total. The smallest absolute Gasteiger partial charge is 0.270 e. The van der Waals surface area contributed by atoms with Gasteiger partial charge < -0.3 is 4.57 Å². The van der Waals surface area contributed by atoms with Crippen molar-refractivity contribution in [3.05, 3.63) is 93.7 Å². The molecule has 0 amide bonds. The summed E-state index contributed by atoms with van der Waals surface area (Å²) < 4.78 is 2.06. The van der Waals surface area contributed by atoms with Gasteiger partial charge in [0.25, 0.3) is 5.69 Å². The van der Waals surface area contributed by atoms with Gasteiger partial charge in [0.15, 0.2) is 0 Å². The first kappa shape index (κ1) is 18.8. The lowest BCUT2D eigenvalue weighted by molar-refractivity contribution is -0.384. The van der Waals surface area contributed by atoms with E-state index in [1.54, 1.807) is 12.2 Å². The number of nitrogens with zero attached hydrogens (tertiary/aromatic N) is 3. The van der Waals surface area contributed by atoms with Gasteiger partial charge in [-0.15, -0.1) is 6.58 Å². The molecule has 0 spiro atoms. The number of carbonyl (C=O) groups is 1. The second kappa shape index (κ2) is 7.72. The van der Waals surface area contributed by atoms with Crippen LogP contribution in [0.2, 0.25) is 0 Å². The fourth-order valence-electron chi connectivity index (χ4n) is 3.21. The maximum atomic E-state index is 12.8. The Labute approximate surface area is 161 Å². The Kier molecular flexibility index (Phi) is 5.18. The first-order valence-electron chi connectivity index (χ1n) is 8.57. The Morgan fingerprint density at radius 3 is 2.71 bits per heavy atom. The van der Waals surface area contributed by atoms with Gasteiger partial charge in [0.2, 0.25) is 5.78 Å². The van der Waals surface area contributed by atoms with E-state index < -0.39 is 10.7 Å². The van der Waals surface area contributed by atoms with E-state index in [2.05, 4.69) is 11.1 Å². The van der Waals surface area contributed by atoms with Crippen molar-refractivity contribution < 1.29 is 9.72 Å². The Bertz CT molecular complexity index is 1180. The summed E-state index contributed by atoms with van der Waals surface area (Å²) in [7, 11) is 0. The third-order valence-electron chi connectivity index (χ3n) is 4.56. The molecule has 0 fully saturated rings. The van der Waals surface area contributed by atoms with Crippen molar-refractivity contribution in [2.75, 3.05) is 0 Å². The highest BCUT2D eigenvalue weighted by atomic mass is 16.6. The third-order valence-corrected chi connectivity index (χ3v) is 4.56. The number of Topliss-reactive ketones (excluding diaryl/α,β-unsaturated/α-hetero) is 1. The number of nitriles is 1. The van der Waals surface area contributed by atoms with Crippen LogP contribution in [0.5, 0.6) is 0 Å². The van der Waals surface area contributed by atoms with Crippen LogP contribution in [0, 0.1) is 28.4 Å². The lowest BCUT2D eigenvalue weighted by Crippen LogP contribution is -2.03. The molecule has 0 aliphatic heterocycles. The van der Waals surface area contributed by atoms with Crippen LogP contribution in [-0.2, 0) is 6.54 Å². The highest BCUT2D eigenvalue weighted by Crippen LogP contribution is 2.28. The van der Waals surface area contributed by atoms with Crippen molar-refractivity contribution in [3.63, 3.8) is 0 Å². The molecule has 2 aromatic carbocycles. The zero-order valence-corrected chi connectivity index (χ0v) is 15.3. The van der Waals surface area contributed by atoms with E-state index in [0.717, 1.165) is 22.2 Å². The minimum atomic E-state index is -0.570. The molecule has 1 aromatic heterocycles. The highest BCUT2D eigenvalue weighted by molar-refractivity contribution is 6.15. The van der Waals surface area contributed by atoms with Crippen molar-refractivity contribution in [1.29, 1.82) is 5.26 Å². The van der Waals surface area contributed by atoms with Crippen molar-refractivity contribution in [3.8, 4) is 6.07 Å². The van der Waals surface area contributed by atoms with Gasteiger partial charge in [0, 0.05) is 46.4 Å². The highest BCUT2D eigenvalue weighted by Gasteiger charge is 2.18. The van der Waals surface area contributed by atoms with Gasteiger partial charge in [-0.2, -0.15) is 5.26 Å². The zero-order valence-electron chi connectivity index (χ0n) is 15.3. The number of ketones is 1. The minimum absolute atomic E-state index is 0.0786. The van der Waals surface area contributed by atoms with Crippen LogP contribution >= 0.6 is 0 Å². The fraction of sp³-hybridized carbons (Fsp3) is 0.0909. The number of aromatic nitrogens is 1. The van der Waals surface area contributed by atoms with Crippen molar-refractivity contribution >= 4 is 28.4 Å². The molecule has 6 heteroatoms. The van der Waals surface area contributed by atoms with E-state index in [-0.39, 0.29) is 16.8 Å². The Morgan fingerprint density at radius 1 is 1.29 bits per heavy atom. The molecule has 6 nitrogen and oxygen atoms in total. The normalized spacial score (nSPS) is 11.2. The third kappa shape index (κ3) is 3.33. The molecule has 3 aromatic rings. The molecule has 0 radical (unpaired) electrons. The first-order chi connectivity index (χ1) is 13.5. The topological polar surface area (TPSA) is 88.9 Å². The van der Waals surface area contributed by atoms with Gasteiger partial charge in [0.05, 0.1) is 4.92 Å². The Hall–Kier alpha value is -3.98. The molecule has 0 bridgehead atoms. The second-order valence-corrected chi connectivity index (χ2v) is 6.22. The van der Waals surface area contributed by atoms with E-state index in [9.17, 15) is 20.2 Å².